The zero-order valence-electron chi connectivity index (χ0n) is 15.9. The van der Waals surface area contributed by atoms with Crippen LogP contribution in [0.5, 0.6) is 5.75 Å². The lowest BCUT2D eigenvalue weighted by Gasteiger charge is -2.14. The van der Waals surface area contributed by atoms with Crippen LogP contribution in [0.25, 0.3) is 0 Å². The Hall–Kier alpha value is -2.83. The number of carboxylic acids is 1. The SMILES string of the molecule is CCCC[C@H](NC(=O)Cc1ccc(OCc2c(C)noc2C)cc1)C(=O)O. The van der Waals surface area contributed by atoms with Crippen molar-refractivity contribution < 1.29 is 24.0 Å². The van der Waals surface area contributed by atoms with E-state index in [4.69, 9.17) is 9.26 Å². The van der Waals surface area contributed by atoms with Crippen LogP contribution in [0, 0.1) is 13.8 Å². The standard InChI is InChI=1S/C20H26N2O5/c1-4-5-6-18(20(24)25)21-19(23)11-15-7-9-16(10-8-15)26-12-17-13(2)22-27-14(17)3/h7-10,18H,4-6,11-12H2,1-3H3,(H,21,23)(H,24,25)/t18-/m0/s1. The third-order valence-corrected chi connectivity index (χ3v) is 4.33. The number of nitrogens with zero attached hydrogens (tertiary/aromatic N) is 1. The van der Waals surface area contributed by atoms with Crippen LogP contribution < -0.4 is 10.1 Å². The number of aromatic nitrogens is 1. The highest BCUT2D eigenvalue weighted by Crippen LogP contribution is 2.18. The molecule has 0 aliphatic heterocycles. The van der Waals surface area contributed by atoms with E-state index in [0.717, 1.165) is 35.4 Å². The van der Waals surface area contributed by atoms with Crippen molar-refractivity contribution in [2.45, 2.75) is 59.1 Å². The van der Waals surface area contributed by atoms with Crippen LogP contribution in [0.3, 0.4) is 0 Å². The molecule has 2 N–H and O–H groups in total. The lowest BCUT2D eigenvalue weighted by molar-refractivity contribution is -0.142. The molecular weight excluding hydrogens is 348 g/mol. The number of unbranched alkanes of at least 4 members (excludes halogenated alkanes) is 1. The number of ether oxygens (including phenoxy) is 1. The molecule has 2 aromatic rings. The van der Waals surface area contributed by atoms with Gasteiger partial charge in [-0.1, -0.05) is 37.1 Å². The van der Waals surface area contributed by atoms with Crippen LogP contribution >= 0.6 is 0 Å². The summed E-state index contributed by atoms with van der Waals surface area (Å²) < 4.78 is 10.8. The Balaban J connectivity index is 1.87. The molecule has 27 heavy (non-hydrogen) atoms. The molecule has 146 valence electrons. The van der Waals surface area contributed by atoms with Crippen LogP contribution in [-0.4, -0.2) is 28.2 Å². The summed E-state index contributed by atoms with van der Waals surface area (Å²) in [6.07, 6.45) is 2.20. The van der Waals surface area contributed by atoms with Crippen LogP contribution in [-0.2, 0) is 22.6 Å². The summed E-state index contributed by atoms with van der Waals surface area (Å²) in [5.41, 5.74) is 2.51. The smallest absolute Gasteiger partial charge is 0.326 e. The topological polar surface area (TPSA) is 102 Å². The molecule has 7 nitrogen and oxygen atoms in total. The second-order valence-corrected chi connectivity index (χ2v) is 6.51. The Bertz CT molecular complexity index is 748. The van der Waals surface area contributed by atoms with Crippen LogP contribution in [0.1, 0.15) is 48.8 Å². The predicted molar refractivity (Wildman–Crippen MR) is 99.5 cm³/mol. The maximum absolute atomic E-state index is 12.1. The second-order valence-electron chi connectivity index (χ2n) is 6.51. The Morgan fingerprint density at radius 2 is 1.96 bits per heavy atom. The monoisotopic (exact) mass is 374 g/mol. The first-order chi connectivity index (χ1) is 12.9. The number of rotatable bonds is 10. The predicted octanol–water partition coefficient (Wildman–Crippen LogP) is 3.17. The first-order valence-corrected chi connectivity index (χ1v) is 9.06. The molecule has 0 spiro atoms. The molecule has 0 aliphatic rings. The minimum absolute atomic E-state index is 0.125. The number of amides is 1. The van der Waals surface area contributed by atoms with E-state index in [1.54, 1.807) is 24.3 Å². The molecule has 2 rings (SSSR count). The summed E-state index contributed by atoms with van der Waals surface area (Å²) in [7, 11) is 0. The van der Waals surface area contributed by atoms with Crippen molar-refractivity contribution in [3.8, 4) is 5.75 Å². The number of hydrogen-bond donors (Lipinski definition) is 2. The van der Waals surface area contributed by atoms with Crippen LogP contribution in [0.2, 0.25) is 0 Å². The highest BCUT2D eigenvalue weighted by molar-refractivity contribution is 5.84. The molecule has 0 aliphatic carbocycles. The highest BCUT2D eigenvalue weighted by Gasteiger charge is 2.19. The minimum atomic E-state index is -1.00. The number of benzene rings is 1. The largest absolute Gasteiger partial charge is 0.489 e. The van der Waals surface area contributed by atoms with E-state index in [1.165, 1.54) is 0 Å². The molecule has 1 heterocycles. The molecule has 7 heteroatoms. The molecule has 1 aromatic carbocycles. The zero-order valence-corrected chi connectivity index (χ0v) is 15.9. The average Bonchev–Trinajstić information content (AvgIpc) is 2.96. The molecule has 0 saturated heterocycles. The summed E-state index contributed by atoms with van der Waals surface area (Å²) >= 11 is 0. The second kappa shape index (κ2) is 9.75. The van der Waals surface area contributed by atoms with Crippen molar-refractivity contribution in [3.05, 3.63) is 46.8 Å². The first kappa shape index (κ1) is 20.5. The zero-order chi connectivity index (χ0) is 19.8. The van der Waals surface area contributed by atoms with Gasteiger partial charge in [0.25, 0.3) is 0 Å². The van der Waals surface area contributed by atoms with Gasteiger partial charge in [0.1, 0.15) is 24.2 Å². The Labute approximate surface area is 158 Å². The molecule has 0 radical (unpaired) electrons. The normalized spacial score (nSPS) is 11.8. The van der Waals surface area contributed by atoms with E-state index in [2.05, 4.69) is 10.5 Å². The third kappa shape index (κ3) is 6.13. The van der Waals surface area contributed by atoms with E-state index >= 15 is 0 Å². The van der Waals surface area contributed by atoms with Crippen molar-refractivity contribution in [3.63, 3.8) is 0 Å². The third-order valence-electron chi connectivity index (χ3n) is 4.33. The van der Waals surface area contributed by atoms with E-state index in [9.17, 15) is 14.7 Å². The molecule has 1 aromatic heterocycles. The molecule has 1 atom stereocenters. The van der Waals surface area contributed by atoms with Crippen LogP contribution in [0.15, 0.2) is 28.8 Å². The van der Waals surface area contributed by atoms with Gasteiger partial charge in [-0.15, -0.1) is 0 Å². The molecule has 0 saturated carbocycles. The Kier molecular flexibility index (Phi) is 7.40. The Morgan fingerprint density at radius 1 is 1.26 bits per heavy atom. The van der Waals surface area contributed by atoms with Gasteiger partial charge < -0.3 is 19.7 Å². The van der Waals surface area contributed by atoms with Crippen molar-refractivity contribution in [2.75, 3.05) is 0 Å². The van der Waals surface area contributed by atoms with Crippen molar-refractivity contribution in [1.82, 2.24) is 10.5 Å². The van der Waals surface area contributed by atoms with Gasteiger partial charge in [0.15, 0.2) is 0 Å². The molecular formula is C20H26N2O5. The number of carbonyl (C=O) groups is 2. The van der Waals surface area contributed by atoms with Crippen molar-refractivity contribution in [1.29, 1.82) is 0 Å². The average molecular weight is 374 g/mol. The van der Waals surface area contributed by atoms with Gasteiger partial charge in [-0.05, 0) is 38.0 Å². The van der Waals surface area contributed by atoms with E-state index < -0.39 is 12.0 Å². The number of carboxylic acid groups (broad SMARTS) is 1. The Morgan fingerprint density at radius 3 is 2.52 bits per heavy atom. The van der Waals surface area contributed by atoms with E-state index in [1.807, 2.05) is 20.8 Å². The maximum atomic E-state index is 12.1. The van der Waals surface area contributed by atoms with E-state index in [0.29, 0.717) is 18.8 Å². The van der Waals surface area contributed by atoms with Gasteiger partial charge in [-0.25, -0.2) is 4.79 Å². The summed E-state index contributed by atoms with van der Waals surface area (Å²) in [6, 6.07) is 6.32. The molecule has 0 fully saturated rings. The minimum Gasteiger partial charge on any atom is -0.489 e. The van der Waals surface area contributed by atoms with Crippen molar-refractivity contribution in [2.24, 2.45) is 0 Å². The quantitative estimate of drug-likeness (QED) is 0.662. The van der Waals surface area contributed by atoms with Gasteiger partial charge in [0.05, 0.1) is 17.7 Å². The van der Waals surface area contributed by atoms with Crippen LogP contribution in [0.4, 0.5) is 0 Å². The summed E-state index contributed by atoms with van der Waals surface area (Å²) in [5.74, 6) is 0.102. The molecule has 1 amide bonds. The number of carbonyl (C=O) groups excluding carboxylic acids is 1. The van der Waals surface area contributed by atoms with Gasteiger partial charge >= 0.3 is 5.97 Å². The lowest BCUT2D eigenvalue weighted by Crippen LogP contribution is -2.41. The number of aliphatic carboxylic acids is 1. The number of aryl methyl sites for hydroxylation is 2. The fourth-order valence-electron chi connectivity index (χ4n) is 2.66. The van der Waals surface area contributed by atoms with Gasteiger partial charge in [0, 0.05) is 0 Å². The summed E-state index contributed by atoms with van der Waals surface area (Å²) in [4.78, 5) is 23.3. The molecule has 0 bridgehead atoms. The fourth-order valence-corrected chi connectivity index (χ4v) is 2.66. The highest BCUT2D eigenvalue weighted by atomic mass is 16.5. The van der Waals surface area contributed by atoms with Gasteiger partial charge in [-0.3, -0.25) is 4.79 Å². The van der Waals surface area contributed by atoms with Gasteiger partial charge in [-0.2, -0.15) is 0 Å². The number of hydrogen-bond acceptors (Lipinski definition) is 5. The molecule has 0 unspecified atom stereocenters. The summed E-state index contributed by atoms with van der Waals surface area (Å²) in [6.45, 7) is 6.04. The number of nitrogens with one attached hydrogen (secondary N) is 1. The maximum Gasteiger partial charge on any atom is 0.326 e. The van der Waals surface area contributed by atoms with E-state index in [-0.39, 0.29) is 12.3 Å². The fraction of sp³-hybridized carbons (Fsp3) is 0.450. The lowest BCUT2D eigenvalue weighted by atomic mass is 10.1. The van der Waals surface area contributed by atoms with Gasteiger partial charge in [0.2, 0.25) is 5.91 Å². The van der Waals surface area contributed by atoms with Crippen molar-refractivity contribution >= 4 is 11.9 Å². The first-order valence-electron chi connectivity index (χ1n) is 9.06. The summed E-state index contributed by atoms with van der Waals surface area (Å²) in [5, 5.41) is 15.7.